The van der Waals surface area contributed by atoms with Crippen LogP contribution in [0.4, 0.5) is 11.4 Å². The summed E-state index contributed by atoms with van der Waals surface area (Å²) in [6.07, 6.45) is 0. The minimum atomic E-state index is -0.375. The molecule has 0 spiro atoms. The number of nitrogens with zero attached hydrogens (tertiary/aromatic N) is 2. The molecule has 7 heteroatoms. The van der Waals surface area contributed by atoms with Gasteiger partial charge in [0.1, 0.15) is 5.75 Å². The van der Waals surface area contributed by atoms with Gasteiger partial charge < -0.3 is 19.9 Å². The number of carbonyl (C=O) groups excluding carboxylic acids is 2. The monoisotopic (exact) mass is 443 g/mol. The lowest BCUT2D eigenvalue weighted by atomic mass is 9.94. The number of hydrogen-bond acceptors (Lipinski definition) is 4. The number of nitrogens with one attached hydrogen (secondary N) is 1. The Balaban J connectivity index is 1.68. The number of para-hydroxylation sites is 1. The first-order valence-corrected chi connectivity index (χ1v) is 10.8. The number of piperazine rings is 1. The van der Waals surface area contributed by atoms with E-state index in [1.54, 1.807) is 19.2 Å². The van der Waals surface area contributed by atoms with Gasteiger partial charge in [0.15, 0.2) is 0 Å². The van der Waals surface area contributed by atoms with Crippen LogP contribution in [-0.2, 0) is 4.79 Å². The molecule has 1 aliphatic heterocycles. The van der Waals surface area contributed by atoms with E-state index in [9.17, 15) is 9.59 Å². The number of aryl methyl sites for hydroxylation is 1. The molecule has 1 heterocycles. The topological polar surface area (TPSA) is 61.9 Å². The summed E-state index contributed by atoms with van der Waals surface area (Å²) in [5, 5.41) is 3.45. The quantitative estimate of drug-likeness (QED) is 0.749. The van der Waals surface area contributed by atoms with Crippen LogP contribution in [0.1, 0.15) is 36.7 Å². The van der Waals surface area contributed by atoms with Gasteiger partial charge in [0, 0.05) is 37.3 Å². The molecule has 2 aromatic carbocycles. The largest absolute Gasteiger partial charge is 0.496 e. The number of anilines is 2. The summed E-state index contributed by atoms with van der Waals surface area (Å²) in [5.74, 6) is 0.479. The molecule has 1 fully saturated rings. The molecule has 1 aliphatic rings. The van der Waals surface area contributed by atoms with Gasteiger partial charge in [0.25, 0.3) is 5.91 Å². The van der Waals surface area contributed by atoms with Crippen LogP contribution < -0.4 is 15.0 Å². The molecule has 0 saturated carbocycles. The van der Waals surface area contributed by atoms with E-state index in [0.29, 0.717) is 48.2 Å². The minimum Gasteiger partial charge on any atom is -0.496 e. The second-order valence-electron chi connectivity index (χ2n) is 8.81. The Hall–Kier alpha value is -2.73. The van der Waals surface area contributed by atoms with Gasteiger partial charge in [-0.2, -0.15) is 0 Å². The van der Waals surface area contributed by atoms with Gasteiger partial charge in [-0.05, 0) is 36.8 Å². The summed E-state index contributed by atoms with van der Waals surface area (Å²) < 4.78 is 5.38. The van der Waals surface area contributed by atoms with Gasteiger partial charge in [-0.1, -0.05) is 44.5 Å². The molecular formula is C24H30ClN3O3. The van der Waals surface area contributed by atoms with Crippen molar-refractivity contribution in [2.45, 2.75) is 27.7 Å². The Morgan fingerprint density at radius 3 is 2.32 bits per heavy atom. The molecule has 2 amide bonds. The van der Waals surface area contributed by atoms with Crippen LogP contribution in [0, 0.1) is 12.3 Å². The highest BCUT2D eigenvalue weighted by Gasteiger charge is 2.30. The maximum Gasteiger partial charge on any atom is 0.259 e. The van der Waals surface area contributed by atoms with E-state index in [1.807, 2.05) is 56.9 Å². The van der Waals surface area contributed by atoms with Crippen molar-refractivity contribution >= 4 is 34.8 Å². The molecule has 2 aromatic rings. The molecule has 31 heavy (non-hydrogen) atoms. The van der Waals surface area contributed by atoms with Gasteiger partial charge in [-0.15, -0.1) is 0 Å². The van der Waals surface area contributed by atoms with Crippen molar-refractivity contribution in [3.63, 3.8) is 0 Å². The van der Waals surface area contributed by atoms with Crippen molar-refractivity contribution in [1.82, 2.24) is 4.90 Å². The van der Waals surface area contributed by atoms with E-state index in [2.05, 4.69) is 10.2 Å². The average Bonchev–Trinajstić information content (AvgIpc) is 2.72. The lowest BCUT2D eigenvalue weighted by Gasteiger charge is -2.39. The number of benzene rings is 2. The zero-order chi connectivity index (χ0) is 22.8. The average molecular weight is 444 g/mol. The third kappa shape index (κ3) is 5.13. The summed E-state index contributed by atoms with van der Waals surface area (Å²) in [7, 11) is 1.56. The third-order valence-corrected chi connectivity index (χ3v) is 5.72. The van der Waals surface area contributed by atoms with Crippen LogP contribution in [0.3, 0.4) is 0 Å². The number of rotatable bonds is 4. The second-order valence-corrected chi connectivity index (χ2v) is 9.21. The number of carbonyl (C=O) groups is 2. The van der Waals surface area contributed by atoms with Crippen LogP contribution in [-0.4, -0.2) is 50.0 Å². The maximum atomic E-state index is 12.7. The van der Waals surface area contributed by atoms with E-state index < -0.39 is 0 Å². The first-order valence-electron chi connectivity index (χ1n) is 10.4. The zero-order valence-electron chi connectivity index (χ0n) is 18.8. The van der Waals surface area contributed by atoms with Crippen molar-refractivity contribution in [2.75, 3.05) is 43.5 Å². The lowest BCUT2D eigenvalue weighted by Crippen LogP contribution is -2.51. The summed E-state index contributed by atoms with van der Waals surface area (Å²) in [6, 6.07) is 11.0. The molecule has 6 nitrogen and oxygen atoms in total. The Labute approximate surface area is 189 Å². The predicted molar refractivity (Wildman–Crippen MR) is 125 cm³/mol. The Morgan fingerprint density at radius 2 is 1.74 bits per heavy atom. The molecule has 1 saturated heterocycles. The summed E-state index contributed by atoms with van der Waals surface area (Å²) in [6.45, 7) is 10.5. The standard InChI is InChI=1S/C24H30ClN3O3/c1-16-7-6-8-18(21(16)31-5)22(29)26-17-9-10-20(19(25)15-17)27-11-13-28(14-12-27)23(30)24(2,3)4/h6-10,15H,11-14H2,1-5H3,(H,26,29). The maximum absolute atomic E-state index is 12.7. The van der Waals surface area contributed by atoms with E-state index in [1.165, 1.54) is 0 Å². The molecule has 166 valence electrons. The SMILES string of the molecule is COc1c(C)cccc1C(=O)Nc1ccc(N2CCN(C(=O)C(C)(C)C)CC2)c(Cl)c1. The molecule has 0 aromatic heterocycles. The lowest BCUT2D eigenvalue weighted by molar-refractivity contribution is -0.139. The number of halogens is 1. The second kappa shape index (κ2) is 9.18. The van der Waals surface area contributed by atoms with Gasteiger partial charge >= 0.3 is 0 Å². The molecule has 0 radical (unpaired) electrons. The van der Waals surface area contributed by atoms with Crippen LogP contribution >= 0.6 is 11.6 Å². The fraction of sp³-hybridized carbons (Fsp3) is 0.417. The third-order valence-electron chi connectivity index (χ3n) is 5.42. The highest BCUT2D eigenvalue weighted by atomic mass is 35.5. The molecule has 1 N–H and O–H groups in total. The molecule has 0 bridgehead atoms. The fourth-order valence-electron chi connectivity index (χ4n) is 3.77. The highest BCUT2D eigenvalue weighted by Crippen LogP contribution is 2.31. The van der Waals surface area contributed by atoms with Gasteiger partial charge in [0.2, 0.25) is 5.91 Å². The first-order chi connectivity index (χ1) is 14.6. The number of ether oxygens (including phenoxy) is 1. The number of methoxy groups -OCH3 is 1. The molecular weight excluding hydrogens is 414 g/mol. The van der Waals surface area contributed by atoms with E-state index >= 15 is 0 Å². The number of hydrogen-bond donors (Lipinski definition) is 1. The van der Waals surface area contributed by atoms with Crippen molar-refractivity contribution in [3.05, 3.63) is 52.5 Å². The smallest absolute Gasteiger partial charge is 0.259 e. The summed E-state index contributed by atoms with van der Waals surface area (Å²) in [5.41, 5.74) is 2.51. The van der Waals surface area contributed by atoms with Crippen molar-refractivity contribution in [3.8, 4) is 5.75 Å². The first kappa shape index (κ1) is 22.9. The Morgan fingerprint density at radius 1 is 1.06 bits per heavy atom. The Kier molecular flexibility index (Phi) is 6.80. The minimum absolute atomic E-state index is 0.169. The normalized spacial score (nSPS) is 14.4. The van der Waals surface area contributed by atoms with Gasteiger partial charge in [0.05, 0.1) is 23.4 Å². The van der Waals surface area contributed by atoms with Crippen LogP contribution in [0.5, 0.6) is 5.75 Å². The number of amides is 2. The zero-order valence-corrected chi connectivity index (χ0v) is 19.5. The molecule has 0 aliphatic carbocycles. The Bertz CT molecular complexity index is 977. The molecule has 3 rings (SSSR count). The fourth-order valence-corrected chi connectivity index (χ4v) is 4.07. The van der Waals surface area contributed by atoms with Crippen molar-refractivity contribution in [2.24, 2.45) is 5.41 Å². The van der Waals surface area contributed by atoms with E-state index in [0.717, 1.165) is 11.3 Å². The van der Waals surface area contributed by atoms with E-state index in [4.69, 9.17) is 16.3 Å². The van der Waals surface area contributed by atoms with Crippen LogP contribution in [0.2, 0.25) is 5.02 Å². The van der Waals surface area contributed by atoms with Gasteiger partial charge in [-0.3, -0.25) is 9.59 Å². The van der Waals surface area contributed by atoms with E-state index in [-0.39, 0.29) is 17.2 Å². The van der Waals surface area contributed by atoms with Crippen molar-refractivity contribution < 1.29 is 14.3 Å². The van der Waals surface area contributed by atoms with Crippen molar-refractivity contribution in [1.29, 1.82) is 0 Å². The summed E-state index contributed by atoms with van der Waals surface area (Å²) >= 11 is 6.55. The molecule has 0 atom stereocenters. The van der Waals surface area contributed by atoms with Crippen LogP contribution in [0.25, 0.3) is 0 Å². The summed E-state index contributed by atoms with van der Waals surface area (Å²) in [4.78, 5) is 29.3. The molecule has 0 unspecified atom stereocenters. The van der Waals surface area contributed by atoms with Gasteiger partial charge in [-0.25, -0.2) is 0 Å². The highest BCUT2D eigenvalue weighted by molar-refractivity contribution is 6.33. The van der Waals surface area contributed by atoms with Crippen LogP contribution in [0.15, 0.2) is 36.4 Å². The predicted octanol–water partition coefficient (Wildman–Crippen LogP) is 4.60.